The van der Waals surface area contributed by atoms with Gasteiger partial charge in [-0.25, -0.2) is 29.7 Å². The Morgan fingerprint density at radius 1 is 1.08 bits per heavy atom. The maximum absolute atomic E-state index is 11.4. The second-order valence-corrected chi connectivity index (χ2v) is 9.61. The van der Waals surface area contributed by atoms with E-state index < -0.39 is 6.09 Å². The maximum atomic E-state index is 11.4. The van der Waals surface area contributed by atoms with Crippen molar-refractivity contribution in [1.82, 2.24) is 34.4 Å². The molecule has 2 N–H and O–H groups in total. The Kier molecular flexibility index (Phi) is 6.06. The number of carbonyl (C=O) groups is 1. The van der Waals surface area contributed by atoms with Gasteiger partial charge in [-0.2, -0.15) is 0 Å². The lowest BCUT2D eigenvalue weighted by atomic mass is 10.2. The van der Waals surface area contributed by atoms with E-state index in [0.29, 0.717) is 42.4 Å². The van der Waals surface area contributed by atoms with E-state index in [9.17, 15) is 9.90 Å². The number of aryl methyl sites for hydroxylation is 2. The number of anilines is 3. The smallest absolute Gasteiger partial charge is 0.407 e. The lowest BCUT2D eigenvalue weighted by molar-refractivity contribution is 0.122. The van der Waals surface area contributed by atoms with E-state index >= 15 is 0 Å². The van der Waals surface area contributed by atoms with Gasteiger partial charge in [0.15, 0.2) is 5.82 Å². The molecular weight excluding hydrogens is 498 g/mol. The van der Waals surface area contributed by atoms with Crippen LogP contribution in [0.25, 0.3) is 22.1 Å². The van der Waals surface area contributed by atoms with Crippen LogP contribution < -0.4 is 15.0 Å². The summed E-state index contributed by atoms with van der Waals surface area (Å²) in [6, 6.07) is 11.5. The summed E-state index contributed by atoms with van der Waals surface area (Å²) in [5, 5.41) is 12.7. The number of amides is 1. The van der Waals surface area contributed by atoms with Gasteiger partial charge in [-0.15, -0.1) is 0 Å². The highest BCUT2D eigenvalue weighted by atomic mass is 16.5. The quantitative estimate of drug-likeness (QED) is 0.341. The summed E-state index contributed by atoms with van der Waals surface area (Å²) in [6.07, 6.45) is 4.01. The molecule has 1 atom stereocenters. The molecule has 1 saturated heterocycles. The van der Waals surface area contributed by atoms with E-state index in [0.717, 1.165) is 33.8 Å². The number of hydrogen-bond acceptors (Lipinski definition) is 9. The van der Waals surface area contributed by atoms with Gasteiger partial charge < -0.3 is 29.5 Å². The van der Waals surface area contributed by atoms with Crippen molar-refractivity contribution < 1.29 is 14.6 Å². The number of carboxylic acid groups (broad SMARTS) is 1. The summed E-state index contributed by atoms with van der Waals surface area (Å²) >= 11 is 0. The molecule has 6 rings (SSSR count). The Hall–Kier alpha value is -5.00. The standard InChI is InChI=1S/C27H27N9O3/c1-16-10-18(4-7-23(16)39-19-5-6-22-20(11-19)31-15-34(22)3)32-25-24-21(29-14-30-25)12-28-26(33-24)35-8-9-36(27(37)38)17(2)13-35/h4-7,10-12,14-15,17H,8-9,13H2,1-3H3,(H,37,38)(H,29,30,32). The van der Waals surface area contributed by atoms with E-state index in [4.69, 9.17) is 9.72 Å². The van der Waals surface area contributed by atoms with E-state index in [2.05, 4.69) is 25.3 Å². The van der Waals surface area contributed by atoms with Crippen LogP contribution in [0.5, 0.6) is 11.5 Å². The van der Waals surface area contributed by atoms with Crippen LogP contribution in [-0.4, -0.2) is 71.3 Å². The highest BCUT2D eigenvalue weighted by molar-refractivity contribution is 5.87. The Balaban J connectivity index is 1.22. The van der Waals surface area contributed by atoms with Crippen LogP contribution in [0, 0.1) is 6.92 Å². The SMILES string of the molecule is Cc1cc(Nc2ncnc3cnc(N4CCN(C(=O)O)C(C)C4)nc23)ccc1Oc1ccc2c(c1)ncn2C. The number of imidazole rings is 1. The van der Waals surface area contributed by atoms with Crippen LogP contribution in [0.15, 0.2) is 55.2 Å². The van der Waals surface area contributed by atoms with Crippen molar-refractivity contribution in [2.75, 3.05) is 29.9 Å². The van der Waals surface area contributed by atoms with Crippen LogP contribution in [0.3, 0.4) is 0 Å². The van der Waals surface area contributed by atoms with Crippen molar-refractivity contribution in [2.24, 2.45) is 7.05 Å². The monoisotopic (exact) mass is 525 g/mol. The fourth-order valence-electron chi connectivity index (χ4n) is 4.80. The van der Waals surface area contributed by atoms with Crippen LogP contribution in [0.4, 0.5) is 22.2 Å². The molecule has 39 heavy (non-hydrogen) atoms. The van der Waals surface area contributed by atoms with Gasteiger partial charge in [0, 0.05) is 44.5 Å². The molecular formula is C27H27N9O3. The number of benzene rings is 2. The normalized spacial score (nSPS) is 15.6. The average Bonchev–Trinajstić information content (AvgIpc) is 3.29. The predicted molar refractivity (Wildman–Crippen MR) is 147 cm³/mol. The molecule has 0 radical (unpaired) electrons. The second-order valence-electron chi connectivity index (χ2n) is 9.61. The summed E-state index contributed by atoms with van der Waals surface area (Å²) in [6.45, 7) is 5.26. The minimum absolute atomic E-state index is 0.172. The third kappa shape index (κ3) is 4.72. The first-order valence-electron chi connectivity index (χ1n) is 12.5. The van der Waals surface area contributed by atoms with Gasteiger partial charge >= 0.3 is 6.09 Å². The van der Waals surface area contributed by atoms with Crippen molar-refractivity contribution in [3.8, 4) is 11.5 Å². The fraction of sp³-hybridized carbons (Fsp3) is 0.259. The molecule has 3 aromatic heterocycles. The van der Waals surface area contributed by atoms with Gasteiger partial charge in [-0.05, 0) is 49.7 Å². The molecule has 12 nitrogen and oxygen atoms in total. The fourth-order valence-corrected chi connectivity index (χ4v) is 4.80. The number of fused-ring (bicyclic) bond motifs is 2. The van der Waals surface area contributed by atoms with E-state index in [-0.39, 0.29) is 6.04 Å². The summed E-state index contributed by atoms with van der Waals surface area (Å²) in [4.78, 5) is 37.2. The molecule has 0 saturated carbocycles. The minimum Gasteiger partial charge on any atom is -0.465 e. The first-order valence-corrected chi connectivity index (χ1v) is 12.5. The summed E-state index contributed by atoms with van der Waals surface area (Å²) in [5.41, 5.74) is 4.87. The molecule has 4 heterocycles. The zero-order valence-corrected chi connectivity index (χ0v) is 21.7. The van der Waals surface area contributed by atoms with Crippen LogP contribution >= 0.6 is 0 Å². The van der Waals surface area contributed by atoms with Gasteiger partial charge in [-0.3, -0.25) is 0 Å². The van der Waals surface area contributed by atoms with Gasteiger partial charge in [0.1, 0.15) is 28.9 Å². The molecule has 2 aromatic carbocycles. The Morgan fingerprint density at radius 2 is 1.95 bits per heavy atom. The summed E-state index contributed by atoms with van der Waals surface area (Å²) in [7, 11) is 1.96. The Labute approximate surface area is 223 Å². The third-order valence-electron chi connectivity index (χ3n) is 6.88. The van der Waals surface area contributed by atoms with Gasteiger partial charge in [-0.1, -0.05) is 0 Å². The largest absolute Gasteiger partial charge is 0.465 e. The number of rotatable bonds is 5. The van der Waals surface area contributed by atoms with Crippen molar-refractivity contribution in [3.63, 3.8) is 0 Å². The number of hydrogen-bond donors (Lipinski definition) is 2. The predicted octanol–water partition coefficient (Wildman–Crippen LogP) is 4.34. The molecule has 0 aliphatic carbocycles. The summed E-state index contributed by atoms with van der Waals surface area (Å²) in [5.74, 6) is 2.52. The van der Waals surface area contributed by atoms with Gasteiger partial charge in [0.2, 0.25) is 5.95 Å². The highest BCUT2D eigenvalue weighted by Gasteiger charge is 2.28. The molecule has 0 bridgehead atoms. The molecule has 0 spiro atoms. The molecule has 12 heteroatoms. The average molecular weight is 526 g/mol. The molecule has 1 aliphatic rings. The Bertz CT molecular complexity index is 1700. The zero-order valence-electron chi connectivity index (χ0n) is 21.7. The van der Waals surface area contributed by atoms with Crippen molar-refractivity contribution in [3.05, 3.63) is 60.8 Å². The van der Waals surface area contributed by atoms with E-state index in [1.54, 1.807) is 12.5 Å². The molecule has 1 aliphatic heterocycles. The number of piperazine rings is 1. The van der Waals surface area contributed by atoms with E-state index in [1.807, 2.05) is 66.8 Å². The van der Waals surface area contributed by atoms with Gasteiger partial charge in [0.05, 0.1) is 23.6 Å². The van der Waals surface area contributed by atoms with Crippen molar-refractivity contribution >= 4 is 45.6 Å². The van der Waals surface area contributed by atoms with Gasteiger partial charge in [0.25, 0.3) is 0 Å². The topological polar surface area (TPSA) is 134 Å². The molecule has 5 aromatic rings. The third-order valence-corrected chi connectivity index (χ3v) is 6.88. The lowest BCUT2D eigenvalue weighted by Gasteiger charge is -2.38. The van der Waals surface area contributed by atoms with Crippen molar-refractivity contribution in [2.45, 2.75) is 19.9 Å². The molecule has 198 valence electrons. The first kappa shape index (κ1) is 24.3. The number of aromatic nitrogens is 6. The molecule has 1 unspecified atom stereocenters. The highest BCUT2D eigenvalue weighted by Crippen LogP contribution is 2.31. The Morgan fingerprint density at radius 3 is 2.74 bits per heavy atom. The first-order chi connectivity index (χ1) is 18.9. The second kappa shape index (κ2) is 9.71. The molecule has 1 amide bonds. The molecule has 1 fully saturated rings. The summed E-state index contributed by atoms with van der Waals surface area (Å²) < 4.78 is 8.11. The van der Waals surface area contributed by atoms with Crippen LogP contribution in [0.1, 0.15) is 12.5 Å². The van der Waals surface area contributed by atoms with Crippen LogP contribution in [0.2, 0.25) is 0 Å². The lowest BCUT2D eigenvalue weighted by Crippen LogP contribution is -2.54. The van der Waals surface area contributed by atoms with E-state index in [1.165, 1.54) is 11.2 Å². The minimum atomic E-state index is -0.914. The van der Waals surface area contributed by atoms with Crippen LogP contribution in [-0.2, 0) is 7.05 Å². The number of nitrogens with zero attached hydrogens (tertiary/aromatic N) is 8. The zero-order chi connectivity index (χ0) is 27.1. The van der Waals surface area contributed by atoms with Crippen molar-refractivity contribution in [1.29, 1.82) is 0 Å². The number of ether oxygens (including phenoxy) is 1. The maximum Gasteiger partial charge on any atom is 0.407 e. The number of nitrogens with one attached hydrogen (secondary N) is 1.